The molecular weight excluding hydrogens is 220 g/mol. The second-order valence-corrected chi connectivity index (χ2v) is 4.52. The zero-order chi connectivity index (χ0) is 12.8. The molecule has 0 saturated heterocycles. The molecule has 0 radical (unpaired) electrons. The largest absolute Gasteiger partial charge is 0.244 e. The molecule has 2 nitrogen and oxygen atoms in total. The van der Waals surface area contributed by atoms with E-state index in [1.165, 1.54) is 18.4 Å². The first-order chi connectivity index (χ1) is 8.81. The molecule has 0 aliphatic heterocycles. The Labute approximate surface area is 109 Å². The first-order valence-corrected chi connectivity index (χ1v) is 6.42. The highest BCUT2D eigenvalue weighted by Gasteiger charge is 2.04. The summed E-state index contributed by atoms with van der Waals surface area (Å²) in [7, 11) is 0. The molecule has 1 aromatic carbocycles. The number of aromatic nitrogens is 2. The number of unbranched alkanes of at least 4 members (excludes halogenated alkanes) is 1. The first kappa shape index (κ1) is 12.4. The fourth-order valence-electron chi connectivity index (χ4n) is 1.92. The van der Waals surface area contributed by atoms with Crippen LogP contribution in [0.3, 0.4) is 0 Å². The lowest BCUT2D eigenvalue weighted by molar-refractivity contribution is -0.687. The summed E-state index contributed by atoms with van der Waals surface area (Å²) in [4.78, 5) is 0. The highest BCUT2D eigenvalue weighted by atomic mass is 15.1. The molecule has 92 valence electrons. The Hall–Kier alpha value is -2.01. The summed E-state index contributed by atoms with van der Waals surface area (Å²) in [5, 5.41) is 0. The lowest BCUT2D eigenvalue weighted by Gasteiger charge is -1.98. The van der Waals surface area contributed by atoms with Crippen LogP contribution in [0.25, 0.3) is 0 Å². The normalized spacial score (nSPS) is 10.2. The predicted molar refractivity (Wildman–Crippen MR) is 73.0 cm³/mol. The Morgan fingerprint density at radius 3 is 2.72 bits per heavy atom. The van der Waals surface area contributed by atoms with Gasteiger partial charge in [0.05, 0.1) is 6.54 Å². The molecule has 0 atom stereocenters. The molecule has 2 heteroatoms. The smallest absolute Gasteiger partial charge is 0.237 e. The van der Waals surface area contributed by atoms with Gasteiger partial charge in [0.2, 0.25) is 6.33 Å². The maximum Gasteiger partial charge on any atom is 0.244 e. The van der Waals surface area contributed by atoms with E-state index in [9.17, 15) is 0 Å². The van der Waals surface area contributed by atoms with Gasteiger partial charge in [-0.3, -0.25) is 0 Å². The van der Waals surface area contributed by atoms with E-state index >= 15 is 0 Å². The van der Waals surface area contributed by atoms with E-state index in [0.29, 0.717) is 0 Å². The van der Waals surface area contributed by atoms with Crippen LogP contribution in [0, 0.1) is 12.3 Å². The van der Waals surface area contributed by atoms with Crippen molar-refractivity contribution in [2.45, 2.75) is 32.9 Å². The van der Waals surface area contributed by atoms with Crippen LogP contribution in [-0.2, 0) is 13.1 Å². The molecule has 0 spiro atoms. The second-order valence-electron chi connectivity index (χ2n) is 4.52. The number of nitrogens with zero attached hydrogens (tertiary/aromatic N) is 2. The van der Waals surface area contributed by atoms with Gasteiger partial charge in [-0.25, -0.2) is 9.13 Å². The molecule has 2 rings (SSSR count). The topological polar surface area (TPSA) is 8.81 Å². The number of imidazole rings is 1. The third-order valence-electron chi connectivity index (χ3n) is 3.00. The Morgan fingerprint density at radius 2 is 2.06 bits per heavy atom. The minimum absolute atomic E-state index is 0.893. The lowest BCUT2D eigenvalue weighted by atomic mass is 10.1. The molecule has 0 bridgehead atoms. The lowest BCUT2D eigenvalue weighted by Crippen LogP contribution is -2.31. The molecule has 0 aliphatic carbocycles. The van der Waals surface area contributed by atoms with Crippen LogP contribution in [0.1, 0.15) is 30.9 Å². The van der Waals surface area contributed by atoms with Crippen LogP contribution in [0.4, 0.5) is 0 Å². The number of aryl methyl sites for hydroxylation is 1. The third-order valence-corrected chi connectivity index (χ3v) is 3.00. The molecule has 2 aromatic rings. The standard InChI is InChI=1S/C16H19N2/c1-3-5-10-17-11-12-18(14-17)13-16-8-6-15(4-2)7-9-16/h2,6-9,11-12,14H,3,5,10,13H2,1H3/q+1. The van der Waals surface area contributed by atoms with Gasteiger partial charge in [0, 0.05) is 5.56 Å². The van der Waals surface area contributed by atoms with E-state index in [2.05, 4.69) is 52.8 Å². The summed E-state index contributed by atoms with van der Waals surface area (Å²) in [6, 6.07) is 8.16. The summed E-state index contributed by atoms with van der Waals surface area (Å²) in [6.45, 7) is 4.20. The van der Waals surface area contributed by atoms with Gasteiger partial charge in [-0.05, 0) is 24.1 Å². The minimum Gasteiger partial charge on any atom is -0.237 e. The van der Waals surface area contributed by atoms with Crippen molar-refractivity contribution in [1.29, 1.82) is 0 Å². The number of hydrogen-bond acceptors (Lipinski definition) is 0. The van der Waals surface area contributed by atoms with Crippen molar-refractivity contribution in [3.8, 4) is 12.3 Å². The van der Waals surface area contributed by atoms with Gasteiger partial charge >= 0.3 is 0 Å². The molecule has 0 N–H and O–H groups in total. The highest BCUT2D eigenvalue weighted by Crippen LogP contribution is 2.03. The number of terminal acetylenes is 1. The van der Waals surface area contributed by atoms with E-state index in [4.69, 9.17) is 6.42 Å². The summed E-state index contributed by atoms with van der Waals surface area (Å²) in [5.74, 6) is 2.63. The molecule has 0 fully saturated rings. The maximum atomic E-state index is 5.34. The van der Waals surface area contributed by atoms with Crippen LogP contribution in [0.2, 0.25) is 0 Å². The van der Waals surface area contributed by atoms with Crippen molar-refractivity contribution in [1.82, 2.24) is 4.57 Å². The zero-order valence-electron chi connectivity index (χ0n) is 10.8. The quantitative estimate of drug-likeness (QED) is 0.560. The second kappa shape index (κ2) is 6.07. The summed E-state index contributed by atoms with van der Waals surface area (Å²) < 4.78 is 4.43. The van der Waals surface area contributed by atoms with E-state index in [-0.39, 0.29) is 0 Å². The van der Waals surface area contributed by atoms with E-state index in [1.54, 1.807) is 0 Å². The van der Waals surface area contributed by atoms with Gasteiger partial charge < -0.3 is 0 Å². The number of benzene rings is 1. The molecule has 1 aromatic heterocycles. The molecular formula is C16H19N2+. The highest BCUT2D eigenvalue weighted by molar-refractivity contribution is 5.33. The fraction of sp³-hybridized carbons (Fsp3) is 0.312. The van der Waals surface area contributed by atoms with Crippen LogP contribution in [0.15, 0.2) is 43.0 Å². The Bertz CT molecular complexity index is 529. The summed E-state index contributed by atoms with van der Waals surface area (Å²) in [6.07, 6.45) is 14.2. The van der Waals surface area contributed by atoms with Crippen molar-refractivity contribution in [2.24, 2.45) is 0 Å². The maximum absolute atomic E-state index is 5.34. The SMILES string of the molecule is C#Cc1ccc(C[n+]2ccn(CCCC)c2)cc1. The van der Waals surface area contributed by atoms with E-state index in [1.807, 2.05) is 12.1 Å². The van der Waals surface area contributed by atoms with Gasteiger partial charge in [0.25, 0.3) is 0 Å². The molecule has 18 heavy (non-hydrogen) atoms. The molecule has 0 unspecified atom stereocenters. The van der Waals surface area contributed by atoms with Crippen molar-refractivity contribution < 1.29 is 4.57 Å². The Balaban J connectivity index is 2.00. The van der Waals surface area contributed by atoms with Gasteiger partial charge in [-0.15, -0.1) is 6.42 Å². The monoisotopic (exact) mass is 239 g/mol. The molecule has 0 saturated carbocycles. The van der Waals surface area contributed by atoms with Crippen molar-refractivity contribution >= 4 is 0 Å². The Kier molecular flexibility index (Phi) is 4.20. The summed E-state index contributed by atoms with van der Waals surface area (Å²) in [5.41, 5.74) is 2.21. The fourth-order valence-corrected chi connectivity index (χ4v) is 1.92. The number of hydrogen-bond donors (Lipinski definition) is 0. The van der Waals surface area contributed by atoms with E-state index < -0.39 is 0 Å². The van der Waals surface area contributed by atoms with Gasteiger partial charge in [0.1, 0.15) is 18.9 Å². The third kappa shape index (κ3) is 3.24. The minimum atomic E-state index is 0.893. The average molecular weight is 239 g/mol. The van der Waals surface area contributed by atoms with Gasteiger partial charge in [-0.2, -0.15) is 0 Å². The zero-order valence-corrected chi connectivity index (χ0v) is 10.8. The van der Waals surface area contributed by atoms with Crippen LogP contribution in [-0.4, -0.2) is 4.57 Å². The van der Waals surface area contributed by atoms with Crippen molar-refractivity contribution in [3.05, 3.63) is 54.1 Å². The number of rotatable bonds is 5. The molecule has 0 amide bonds. The Morgan fingerprint density at radius 1 is 1.28 bits per heavy atom. The van der Waals surface area contributed by atoms with Crippen molar-refractivity contribution in [3.63, 3.8) is 0 Å². The predicted octanol–water partition coefficient (Wildman–Crippen LogP) is 2.61. The van der Waals surface area contributed by atoms with Gasteiger partial charge in [-0.1, -0.05) is 31.4 Å². The first-order valence-electron chi connectivity index (χ1n) is 6.42. The van der Waals surface area contributed by atoms with Crippen molar-refractivity contribution in [2.75, 3.05) is 0 Å². The van der Waals surface area contributed by atoms with Gasteiger partial charge in [0.15, 0.2) is 0 Å². The van der Waals surface area contributed by atoms with Crippen LogP contribution < -0.4 is 4.57 Å². The molecule has 0 aliphatic rings. The average Bonchev–Trinajstić information content (AvgIpc) is 2.85. The van der Waals surface area contributed by atoms with E-state index in [0.717, 1.165) is 18.7 Å². The summed E-state index contributed by atoms with van der Waals surface area (Å²) >= 11 is 0. The molecule has 1 heterocycles. The van der Waals surface area contributed by atoms with Crippen LogP contribution >= 0.6 is 0 Å². The van der Waals surface area contributed by atoms with Crippen LogP contribution in [0.5, 0.6) is 0 Å².